The van der Waals surface area contributed by atoms with Gasteiger partial charge in [0.2, 0.25) is 0 Å². The molecule has 0 heterocycles. The van der Waals surface area contributed by atoms with Gasteiger partial charge in [0, 0.05) is 12.6 Å². The molecule has 21 heavy (non-hydrogen) atoms. The second kappa shape index (κ2) is 10.6. The first-order chi connectivity index (χ1) is 10.1. The molecular formula is C18H31NO2. The molecule has 3 heteroatoms. The van der Waals surface area contributed by atoms with Gasteiger partial charge in [-0.2, -0.15) is 0 Å². The first-order valence-corrected chi connectivity index (χ1v) is 8.14. The average Bonchev–Trinajstić information content (AvgIpc) is 2.46. The van der Waals surface area contributed by atoms with Crippen molar-refractivity contribution in [3.05, 3.63) is 29.8 Å². The van der Waals surface area contributed by atoms with Crippen LogP contribution in [0.4, 0.5) is 0 Å². The Morgan fingerprint density at radius 1 is 1.05 bits per heavy atom. The van der Waals surface area contributed by atoms with E-state index in [9.17, 15) is 0 Å². The molecule has 0 aliphatic rings. The predicted octanol–water partition coefficient (Wildman–Crippen LogP) is 3.67. The zero-order chi connectivity index (χ0) is 15.5. The van der Waals surface area contributed by atoms with Gasteiger partial charge < -0.3 is 14.8 Å². The van der Waals surface area contributed by atoms with E-state index in [1.165, 1.54) is 12.0 Å². The zero-order valence-corrected chi connectivity index (χ0v) is 14.0. The smallest absolute Gasteiger partial charge is 0.119 e. The molecule has 120 valence electrons. The molecule has 0 amide bonds. The van der Waals surface area contributed by atoms with Crippen LogP contribution in [0.3, 0.4) is 0 Å². The van der Waals surface area contributed by atoms with E-state index in [0.717, 1.165) is 25.3 Å². The molecule has 1 unspecified atom stereocenters. The lowest BCUT2D eigenvalue weighted by atomic mass is 10.1. The monoisotopic (exact) mass is 293 g/mol. The molecule has 0 aliphatic heterocycles. The van der Waals surface area contributed by atoms with Crippen molar-refractivity contribution < 1.29 is 9.47 Å². The van der Waals surface area contributed by atoms with E-state index >= 15 is 0 Å². The molecule has 0 radical (unpaired) electrons. The van der Waals surface area contributed by atoms with Crippen LogP contribution in [-0.2, 0) is 11.2 Å². The van der Waals surface area contributed by atoms with Crippen molar-refractivity contribution in [1.29, 1.82) is 0 Å². The Hall–Kier alpha value is -1.06. The summed E-state index contributed by atoms with van der Waals surface area (Å²) in [5, 5.41) is 3.50. The highest BCUT2D eigenvalue weighted by Gasteiger charge is 2.03. The van der Waals surface area contributed by atoms with Gasteiger partial charge in [0.15, 0.2) is 0 Å². The molecule has 1 aromatic rings. The highest BCUT2D eigenvalue weighted by Crippen LogP contribution is 2.13. The number of benzene rings is 1. The molecule has 0 saturated heterocycles. The van der Waals surface area contributed by atoms with Gasteiger partial charge >= 0.3 is 0 Å². The minimum Gasteiger partial charge on any atom is -0.491 e. The predicted molar refractivity (Wildman–Crippen MR) is 89.1 cm³/mol. The Morgan fingerprint density at radius 3 is 2.38 bits per heavy atom. The van der Waals surface area contributed by atoms with Crippen LogP contribution < -0.4 is 10.1 Å². The van der Waals surface area contributed by atoms with Gasteiger partial charge in [-0.1, -0.05) is 32.9 Å². The van der Waals surface area contributed by atoms with Crippen molar-refractivity contribution in [2.75, 3.05) is 26.4 Å². The standard InChI is InChI=1S/C18H31NO2/c1-5-10-19-16(4)13-17-6-8-18(9-7-17)21-12-11-20-14-15(2)3/h6-9,15-16,19H,5,10-14H2,1-4H3. The first-order valence-electron chi connectivity index (χ1n) is 8.14. The van der Waals surface area contributed by atoms with E-state index < -0.39 is 0 Å². The summed E-state index contributed by atoms with van der Waals surface area (Å²) >= 11 is 0. The Labute approximate surface area is 130 Å². The van der Waals surface area contributed by atoms with Crippen molar-refractivity contribution in [3.8, 4) is 5.75 Å². The van der Waals surface area contributed by atoms with Crippen LogP contribution in [0, 0.1) is 5.92 Å². The van der Waals surface area contributed by atoms with Gasteiger partial charge in [-0.05, 0) is 49.9 Å². The zero-order valence-electron chi connectivity index (χ0n) is 14.0. The topological polar surface area (TPSA) is 30.5 Å². The maximum absolute atomic E-state index is 5.67. The van der Waals surface area contributed by atoms with Gasteiger partial charge in [-0.15, -0.1) is 0 Å². The van der Waals surface area contributed by atoms with E-state index in [1.54, 1.807) is 0 Å². The second-order valence-corrected chi connectivity index (χ2v) is 6.02. The molecule has 1 atom stereocenters. The van der Waals surface area contributed by atoms with Crippen LogP contribution in [0.5, 0.6) is 5.75 Å². The highest BCUT2D eigenvalue weighted by atomic mass is 16.5. The number of hydrogen-bond acceptors (Lipinski definition) is 3. The van der Waals surface area contributed by atoms with E-state index in [4.69, 9.17) is 9.47 Å². The summed E-state index contributed by atoms with van der Waals surface area (Å²) < 4.78 is 11.2. The van der Waals surface area contributed by atoms with E-state index in [2.05, 4.69) is 45.1 Å². The first kappa shape index (κ1) is 18.0. The summed E-state index contributed by atoms with van der Waals surface area (Å²) in [5.74, 6) is 1.49. The van der Waals surface area contributed by atoms with Crippen molar-refractivity contribution >= 4 is 0 Å². The van der Waals surface area contributed by atoms with Crippen molar-refractivity contribution in [3.63, 3.8) is 0 Å². The van der Waals surface area contributed by atoms with Crippen molar-refractivity contribution in [1.82, 2.24) is 5.32 Å². The van der Waals surface area contributed by atoms with Crippen LogP contribution in [0.1, 0.15) is 39.7 Å². The van der Waals surface area contributed by atoms with Gasteiger partial charge in [0.05, 0.1) is 6.61 Å². The van der Waals surface area contributed by atoms with Crippen LogP contribution in [0.2, 0.25) is 0 Å². The molecule has 0 saturated carbocycles. The number of ether oxygens (including phenoxy) is 2. The molecule has 0 spiro atoms. The van der Waals surface area contributed by atoms with Gasteiger partial charge in [-0.25, -0.2) is 0 Å². The fraction of sp³-hybridized carbons (Fsp3) is 0.667. The van der Waals surface area contributed by atoms with Crippen LogP contribution in [-0.4, -0.2) is 32.4 Å². The third kappa shape index (κ3) is 8.74. The third-order valence-corrected chi connectivity index (χ3v) is 3.16. The molecule has 0 fully saturated rings. The highest BCUT2D eigenvalue weighted by molar-refractivity contribution is 5.27. The molecule has 1 aromatic carbocycles. The van der Waals surface area contributed by atoms with Crippen LogP contribution in [0.25, 0.3) is 0 Å². The average molecular weight is 293 g/mol. The fourth-order valence-electron chi connectivity index (χ4n) is 2.08. The summed E-state index contributed by atoms with van der Waals surface area (Å²) in [6.07, 6.45) is 2.23. The lowest BCUT2D eigenvalue weighted by Gasteiger charge is -2.13. The maximum atomic E-state index is 5.67. The third-order valence-electron chi connectivity index (χ3n) is 3.16. The molecule has 1 rings (SSSR count). The van der Waals surface area contributed by atoms with Crippen LogP contribution in [0.15, 0.2) is 24.3 Å². The SMILES string of the molecule is CCCNC(C)Cc1ccc(OCCOCC(C)C)cc1. The van der Waals surface area contributed by atoms with Gasteiger partial charge in [0.1, 0.15) is 12.4 Å². The summed E-state index contributed by atoms with van der Waals surface area (Å²) in [6, 6.07) is 8.90. The number of nitrogens with one attached hydrogen (secondary N) is 1. The maximum Gasteiger partial charge on any atom is 0.119 e. The lowest BCUT2D eigenvalue weighted by molar-refractivity contribution is 0.0819. The fourth-order valence-corrected chi connectivity index (χ4v) is 2.08. The minimum atomic E-state index is 0.515. The Kier molecular flexibility index (Phi) is 9.11. The van der Waals surface area contributed by atoms with E-state index in [1.807, 2.05) is 12.1 Å². The van der Waals surface area contributed by atoms with Crippen molar-refractivity contribution in [2.24, 2.45) is 5.92 Å². The van der Waals surface area contributed by atoms with Gasteiger partial charge in [-0.3, -0.25) is 0 Å². The summed E-state index contributed by atoms with van der Waals surface area (Å²) in [4.78, 5) is 0. The molecule has 0 bridgehead atoms. The quantitative estimate of drug-likeness (QED) is 0.632. The molecular weight excluding hydrogens is 262 g/mol. The Morgan fingerprint density at radius 2 is 1.76 bits per heavy atom. The van der Waals surface area contributed by atoms with E-state index in [0.29, 0.717) is 25.2 Å². The molecule has 1 N–H and O–H groups in total. The van der Waals surface area contributed by atoms with Crippen molar-refractivity contribution in [2.45, 2.75) is 46.6 Å². The molecule has 3 nitrogen and oxygen atoms in total. The molecule has 0 aliphatic carbocycles. The second-order valence-electron chi connectivity index (χ2n) is 6.02. The summed E-state index contributed by atoms with van der Waals surface area (Å²) in [7, 11) is 0. The Bertz CT molecular complexity index is 362. The Balaban J connectivity index is 2.23. The van der Waals surface area contributed by atoms with E-state index in [-0.39, 0.29) is 0 Å². The minimum absolute atomic E-state index is 0.515. The van der Waals surface area contributed by atoms with Crippen LogP contribution >= 0.6 is 0 Å². The van der Waals surface area contributed by atoms with Gasteiger partial charge in [0.25, 0.3) is 0 Å². The normalized spacial score (nSPS) is 12.6. The molecule has 0 aromatic heterocycles. The number of rotatable bonds is 11. The number of hydrogen-bond donors (Lipinski definition) is 1. The largest absolute Gasteiger partial charge is 0.491 e. The lowest BCUT2D eigenvalue weighted by Crippen LogP contribution is -2.28. The summed E-state index contributed by atoms with van der Waals surface area (Å²) in [5.41, 5.74) is 1.34. The summed E-state index contributed by atoms with van der Waals surface area (Å²) in [6.45, 7) is 11.9.